The summed E-state index contributed by atoms with van der Waals surface area (Å²) < 4.78 is 6.01. The molecule has 4 heteroatoms. The summed E-state index contributed by atoms with van der Waals surface area (Å²) in [7, 11) is 0. The zero-order chi connectivity index (χ0) is 16.9. The van der Waals surface area contributed by atoms with Crippen LogP contribution in [-0.4, -0.2) is 28.0 Å². The van der Waals surface area contributed by atoms with E-state index in [2.05, 4.69) is 33.1 Å². The van der Waals surface area contributed by atoms with Crippen molar-refractivity contribution in [2.24, 2.45) is 0 Å². The van der Waals surface area contributed by atoms with Crippen LogP contribution in [0.5, 0.6) is 5.75 Å². The van der Waals surface area contributed by atoms with E-state index in [9.17, 15) is 0 Å². The van der Waals surface area contributed by atoms with Crippen molar-refractivity contribution < 1.29 is 4.74 Å². The van der Waals surface area contributed by atoms with E-state index < -0.39 is 0 Å². The largest absolute Gasteiger partial charge is 0.485 e. The predicted octanol–water partition coefficient (Wildman–Crippen LogP) is 4.19. The number of pyridine rings is 2. The van der Waals surface area contributed by atoms with Crippen LogP contribution in [0.25, 0.3) is 10.9 Å². The van der Waals surface area contributed by atoms with Crippen LogP contribution in [0.2, 0.25) is 0 Å². The SMILES string of the molecule is c1ccc(COc2ccc(CN3CCCCC3)c3cccnc23)nc1. The summed E-state index contributed by atoms with van der Waals surface area (Å²) in [6.07, 6.45) is 7.60. The van der Waals surface area contributed by atoms with Crippen molar-refractivity contribution >= 4 is 10.9 Å². The Kier molecular flexibility index (Phi) is 4.89. The van der Waals surface area contributed by atoms with E-state index in [1.54, 1.807) is 6.20 Å². The molecule has 3 heterocycles. The van der Waals surface area contributed by atoms with Crippen molar-refractivity contribution in [3.8, 4) is 5.75 Å². The van der Waals surface area contributed by atoms with Crippen molar-refractivity contribution in [2.75, 3.05) is 13.1 Å². The molecule has 128 valence electrons. The Bertz CT molecular complexity index is 829. The van der Waals surface area contributed by atoms with Gasteiger partial charge in [0, 0.05) is 24.3 Å². The minimum atomic E-state index is 0.456. The number of ether oxygens (including phenoxy) is 1. The molecule has 0 bridgehead atoms. The number of aromatic nitrogens is 2. The molecule has 1 aliphatic rings. The summed E-state index contributed by atoms with van der Waals surface area (Å²) in [5.41, 5.74) is 3.19. The maximum absolute atomic E-state index is 6.01. The van der Waals surface area contributed by atoms with Crippen LogP contribution in [0.1, 0.15) is 30.5 Å². The van der Waals surface area contributed by atoms with Gasteiger partial charge in [0.25, 0.3) is 0 Å². The minimum Gasteiger partial charge on any atom is -0.485 e. The second kappa shape index (κ2) is 7.62. The van der Waals surface area contributed by atoms with Gasteiger partial charge in [0.05, 0.1) is 5.69 Å². The molecule has 0 aliphatic carbocycles. The number of hydrogen-bond donors (Lipinski definition) is 0. The van der Waals surface area contributed by atoms with Crippen molar-refractivity contribution in [1.82, 2.24) is 14.9 Å². The molecule has 25 heavy (non-hydrogen) atoms. The fourth-order valence-electron chi connectivity index (χ4n) is 3.45. The first-order valence-corrected chi connectivity index (χ1v) is 9.02. The number of fused-ring (bicyclic) bond motifs is 1. The van der Waals surface area contributed by atoms with Gasteiger partial charge in [-0.25, -0.2) is 0 Å². The Hall–Kier alpha value is -2.46. The highest BCUT2D eigenvalue weighted by atomic mass is 16.5. The molecular weight excluding hydrogens is 310 g/mol. The molecule has 4 rings (SSSR count). The van der Waals surface area contributed by atoms with Crippen LogP contribution in [0, 0.1) is 0 Å². The molecule has 1 aliphatic heterocycles. The van der Waals surface area contributed by atoms with E-state index in [1.165, 1.54) is 43.3 Å². The van der Waals surface area contributed by atoms with Crippen LogP contribution in [-0.2, 0) is 13.2 Å². The molecule has 0 N–H and O–H groups in total. The van der Waals surface area contributed by atoms with Crippen LogP contribution in [0.4, 0.5) is 0 Å². The zero-order valence-electron chi connectivity index (χ0n) is 14.4. The highest BCUT2D eigenvalue weighted by Crippen LogP contribution is 2.28. The second-order valence-electron chi connectivity index (χ2n) is 6.57. The number of rotatable bonds is 5. The molecule has 0 atom stereocenters. The standard InChI is InChI=1S/C21H23N3O/c1-4-13-24(14-5-1)15-17-9-10-20(21-19(17)8-6-12-23-21)25-16-18-7-2-3-11-22-18/h2-3,6-12H,1,4-5,13-16H2. The Morgan fingerprint density at radius 1 is 0.880 bits per heavy atom. The van der Waals surface area contributed by atoms with Crippen molar-refractivity contribution in [3.05, 3.63) is 66.1 Å². The molecule has 1 fully saturated rings. The van der Waals surface area contributed by atoms with Gasteiger partial charge in [0.1, 0.15) is 17.9 Å². The van der Waals surface area contributed by atoms with Crippen molar-refractivity contribution in [2.45, 2.75) is 32.4 Å². The topological polar surface area (TPSA) is 38.2 Å². The van der Waals surface area contributed by atoms with E-state index in [0.717, 1.165) is 23.5 Å². The molecule has 1 aromatic carbocycles. The van der Waals surface area contributed by atoms with Crippen LogP contribution < -0.4 is 4.74 Å². The molecule has 0 spiro atoms. The van der Waals surface area contributed by atoms with Gasteiger partial charge in [-0.05, 0) is 55.8 Å². The number of likely N-dealkylation sites (tertiary alicyclic amines) is 1. The third-order valence-corrected chi connectivity index (χ3v) is 4.77. The lowest BCUT2D eigenvalue weighted by molar-refractivity contribution is 0.221. The summed E-state index contributed by atoms with van der Waals surface area (Å²) in [4.78, 5) is 11.4. The first-order valence-electron chi connectivity index (χ1n) is 9.02. The van der Waals surface area contributed by atoms with Gasteiger partial charge in [0.15, 0.2) is 0 Å². The Morgan fingerprint density at radius 2 is 1.76 bits per heavy atom. The molecule has 1 saturated heterocycles. The lowest BCUT2D eigenvalue weighted by Crippen LogP contribution is -2.29. The molecule has 0 unspecified atom stereocenters. The molecule has 4 nitrogen and oxygen atoms in total. The summed E-state index contributed by atoms with van der Waals surface area (Å²) in [5, 5.41) is 1.19. The summed E-state index contributed by atoms with van der Waals surface area (Å²) in [6, 6.07) is 14.3. The van der Waals surface area contributed by atoms with Crippen molar-refractivity contribution in [3.63, 3.8) is 0 Å². The van der Waals surface area contributed by atoms with Gasteiger partial charge in [-0.1, -0.05) is 24.6 Å². The summed E-state index contributed by atoms with van der Waals surface area (Å²) in [5.74, 6) is 0.823. The van der Waals surface area contributed by atoms with Gasteiger partial charge in [-0.2, -0.15) is 0 Å². The van der Waals surface area contributed by atoms with E-state index in [0.29, 0.717) is 6.61 Å². The van der Waals surface area contributed by atoms with Crippen LogP contribution in [0.3, 0.4) is 0 Å². The Balaban J connectivity index is 1.57. The predicted molar refractivity (Wildman–Crippen MR) is 99.4 cm³/mol. The number of piperidine rings is 1. The van der Waals surface area contributed by atoms with E-state index in [-0.39, 0.29) is 0 Å². The van der Waals surface area contributed by atoms with Crippen LogP contribution >= 0.6 is 0 Å². The molecule has 3 aromatic rings. The van der Waals surface area contributed by atoms with E-state index in [1.807, 2.05) is 30.5 Å². The molecule has 0 amide bonds. The van der Waals surface area contributed by atoms with Gasteiger partial charge >= 0.3 is 0 Å². The third kappa shape index (κ3) is 3.80. The van der Waals surface area contributed by atoms with Gasteiger partial charge in [0.2, 0.25) is 0 Å². The monoisotopic (exact) mass is 333 g/mol. The quantitative estimate of drug-likeness (QED) is 0.701. The van der Waals surface area contributed by atoms with Gasteiger partial charge in [-0.15, -0.1) is 0 Å². The normalized spacial score (nSPS) is 15.4. The second-order valence-corrected chi connectivity index (χ2v) is 6.57. The highest BCUT2D eigenvalue weighted by molar-refractivity contribution is 5.87. The maximum atomic E-state index is 6.01. The fraction of sp³-hybridized carbons (Fsp3) is 0.333. The van der Waals surface area contributed by atoms with E-state index in [4.69, 9.17) is 4.74 Å². The molecule has 0 saturated carbocycles. The first-order chi connectivity index (χ1) is 12.4. The molecule has 2 aromatic heterocycles. The third-order valence-electron chi connectivity index (χ3n) is 4.77. The maximum Gasteiger partial charge on any atom is 0.146 e. The zero-order valence-corrected chi connectivity index (χ0v) is 14.4. The molecular formula is C21H23N3O. The van der Waals surface area contributed by atoms with Gasteiger partial charge in [-0.3, -0.25) is 14.9 Å². The Labute approximate surface area is 148 Å². The van der Waals surface area contributed by atoms with Gasteiger partial charge < -0.3 is 4.74 Å². The lowest BCUT2D eigenvalue weighted by atomic mass is 10.1. The average molecular weight is 333 g/mol. The smallest absolute Gasteiger partial charge is 0.146 e. The average Bonchev–Trinajstić information content (AvgIpc) is 2.69. The fourth-order valence-corrected chi connectivity index (χ4v) is 3.45. The first kappa shape index (κ1) is 16.0. The minimum absolute atomic E-state index is 0.456. The highest BCUT2D eigenvalue weighted by Gasteiger charge is 2.14. The number of benzene rings is 1. The van der Waals surface area contributed by atoms with Crippen molar-refractivity contribution in [1.29, 1.82) is 0 Å². The van der Waals surface area contributed by atoms with E-state index >= 15 is 0 Å². The number of hydrogen-bond acceptors (Lipinski definition) is 4. The summed E-state index contributed by atoms with van der Waals surface area (Å²) in [6.45, 7) is 3.83. The molecule has 0 radical (unpaired) electrons. The lowest BCUT2D eigenvalue weighted by Gasteiger charge is -2.27. The number of nitrogens with zero attached hydrogens (tertiary/aromatic N) is 3. The summed E-state index contributed by atoms with van der Waals surface area (Å²) >= 11 is 0. The Morgan fingerprint density at radius 3 is 2.60 bits per heavy atom. The van der Waals surface area contributed by atoms with Crippen LogP contribution in [0.15, 0.2) is 54.9 Å².